The number of para-hydroxylation sites is 1. The fourth-order valence-corrected chi connectivity index (χ4v) is 2.45. The second-order valence-electron chi connectivity index (χ2n) is 5.25. The number of fused-ring (bicyclic) bond motifs is 1. The number of aromatic nitrogens is 1. The van der Waals surface area contributed by atoms with Crippen molar-refractivity contribution < 1.29 is 0 Å². The van der Waals surface area contributed by atoms with E-state index in [4.69, 9.17) is 0 Å². The Bertz CT molecular complexity index is 513. The predicted molar refractivity (Wildman–Crippen MR) is 75.7 cm³/mol. The van der Waals surface area contributed by atoms with Gasteiger partial charge in [-0.25, -0.2) is 0 Å². The number of hydrogen-bond donors (Lipinski definition) is 2. The van der Waals surface area contributed by atoms with Crippen LogP contribution in [0.4, 0.5) is 0 Å². The summed E-state index contributed by atoms with van der Waals surface area (Å²) in [5, 5.41) is 4.87. The number of nitrogens with one attached hydrogen (secondary N) is 2. The van der Waals surface area contributed by atoms with Gasteiger partial charge < -0.3 is 15.2 Å². The van der Waals surface area contributed by atoms with Crippen LogP contribution in [0.1, 0.15) is 18.4 Å². The molecule has 96 valence electrons. The lowest BCUT2D eigenvalue weighted by atomic mass is 10.2. The highest BCUT2D eigenvalue weighted by Crippen LogP contribution is 2.24. The number of hydrogen-bond acceptors (Lipinski definition) is 2. The third-order valence-corrected chi connectivity index (χ3v) is 3.80. The Morgan fingerprint density at radius 3 is 3.00 bits per heavy atom. The van der Waals surface area contributed by atoms with Crippen molar-refractivity contribution in [1.29, 1.82) is 0 Å². The molecule has 1 aliphatic carbocycles. The Kier molecular flexibility index (Phi) is 3.35. The first kappa shape index (κ1) is 11.8. The van der Waals surface area contributed by atoms with E-state index >= 15 is 0 Å². The highest BCUT2D eigenvalue weighted by molar-refractivity contribution is 5.82. The summed E-state index contributed by atoms with van der Waals surface area (Å²) < 4.78 is 0. The zero-order valence-corrected chi connectivity index (χ0v) is 10.9. The van der Waals surface area contributed by atoms with E-state index < -0.39 is 0 Å². The molecule has 0 radical (unpaired) electrons. The van der Waals surface area contributed by atoms with Gasteiger partial charge in [0.25, 0.3) is 0 Å². The van der Waals surface area contributed by atoms with E-state index in [2.05, 4.69) is 52.7 Å². The van der Waals surface area contributed by atoms with Gasteiger partial charge in [-0.1, -0.05) is 18.2 Å². The average Bonchev–Trinajstić information content (AvgIpc) is 3.17. The van der Waals surface area contributed by atoms with Crippen LogP contribution in [0.3, 0.4) is 0 Å². The van der Waals surface area contributed by atoms with Gasteiger partial charge in [0.15, 0.2) is 0 Å². The van der Waals surface area contributed by atoms with Gasteiger partial charge >= 0.3 is 0 Å². The summed E-state index contributed by atoms with van der Waals surface area (Å²) in [5.41, 5.74) is 2.59. The van der Waals surface area contributed by atoms with Crippen LogP contribution in [0.2, 0.25) is 0 Å². The number of likely N-dealkylation sites (N-methyl/N-ethyl adjacent to an activating group) is 1. The van der Waals surface area contributed by atoms with E-state index in [0.717, 1.165) is 25.7 Å². The average molecular weight is 243 g/mol. The summed E-state index contributed by atoms with van der Waals surface area (Å²) in [6.45, 7) is 3.15. The molecule has 2 N–H and O–H groups in total. The molecule has 3 heteroatoms. The van der Waals surface area contributed by atoms with Gasteiger partial charge in [-0.15, -0.1) is 0 Å². The van der Waals surface area contributed by atoms with Crippen LogP contribution >= 0.6 is 0 Å². The highest BCUT2D eigenvalue weighted by Gasteiger charge is 2.25. The molecule has 2 aromatic rings. The van der Waals surface area contributed by atoms with Gasteiger partial charge in [-0.2, -0.15) is 0 Å². The summed E-state index contributed by atoms with van der Waals surface area (Å²) in [6.07, 6.45) is 4.89. The quantitative estimate of drug-likeness (QED) is 0.763. The molecule has 3 rings (SSSR count). The zero-order valence-electron chi connectivity index (χ0n) is 10.9. The third kappa shape index (κ3) is 2.57. The fraction of sp³-hybridized carbons (Fsp3) is 0.467. The first-order chi connectivity index (χ1) is 8.84. The van der Waals surface area contributed by atoms with Gasteiger partial charge in [-0.05, 0) is 31.5 Å². The van der Waals surface area contributed by atoms with E-state index in [1.54, 1.807) is 0 Å². The lowest BCUT2D eigenvalue weighted by Gasteiger charge is -2.15. The van der Waals surface area contributed by atoms with Crippen LogP contribution in [-0.2, 0) is 6.54 Å². The maximum absolute atomic E-state index is 3.53. The molecule has 0 aliphatic heterocycles. The number of benzene rings is 1. The van der Waals surface area contributed by atoms with Gasteiger partial charge in [0.05, 0.1) is 0 Å². The summed E-state index contributed by atoms with van der Waals surface area (Å²) in [6, 6.07) is 9.33. The van der Waals surface area contributed by atoms with Crippen LogP contribution in [0.5, 0.6) is 0 Å². The lowest BCUT2D eigenvalue weighted by Crippen LogP contribution is -2.30. The van der Waals surface area contributed by atoms with Crippen molar-refractivity contribution in [1.82, 2.24) is 15.2 Å². The molecule has 3 nitrogen and oxygen atoms in total. The van der Waals surface area contributed by atoms with Crippen LogP contribution in [0.15, 0.2) is 30.5 Å². The summed E-state index contributed by atoms with van der Waals surface area (Å²) in [4.78, 5) is 5.78. The molecule has 0 unspecified atom stereocenters. The van der Waals surface area contributed by atoms with E-state index in [1.165, 1.54) is 29.3 Å². The van der Waals surface area contributed by atoms with Crippen molar-refractivity contribution >= 4 is 10.9 Å². The molecule has 1 aromatic carbocycles. The van der Waals surface area contributed by atoms with Crippen molar-refractivity contribution in [3.63, 3.8) is 0 Å². The molecule has 0 spiro atoms. The van der Waals surface area contributed by atoms with Crippen molar-refractivity contribution in [2.75, 3.05) is 20.1 Å². The minimum absolute atomic E-state index is 0.861. The normalized spacial score (nSPS) is 15.7. The molecular formula is C15H21N3. The Morgan fingerprint density at radius 2 is 2.17 bits per heavy atom. The van der Waals surface area contributed by atoms with Crippen LogP contribution in [-0.4, -0.2) is 36.1 Å². The Labute approximate surface area is 108 Å². The fourth-order valence-electron chi connectivity index (χ4n) is 2.45. The first-order valence-corrected chi connectivity index (χ1v) is 6.80. The van der Waals surface area contributed by atoms with Crippen LogP contribution in [0.25, 0.3) is 10.9 Å². The smallest absolute Gasteiger partial charge is 0.0457 e. The monoisotopic (exact) mass is 243 g/mol. The molecule has 1 aliphatic rings. The Hall–Kier alpha value is -1.32. The molecule has 18 heavy (non-hydrogen) atoms. The molecule has 1 aromatic heterocycles. The van der Waals surface area contributed by atoms with Gasteiger partial charge in [0, 0.05) is 42.8 Å². The van der Waals surface area contributed by atoms with Gasteiger partial charge in [-0.3, -0.25) is 0 Å². The van der Waals surface area contributed by atoms with Crippen molar-refractivity contribution in [2.45, 2.75) is 25.4 Å². The Morgan fingerprint density at radius 1 is 1.33 bits per heavy atom. The largest absolute Gasteiger partial charge is 0.361 e. The minimum Gasteiger partial charge on any atom is -0.361 e. The minimum atomic E-state index is 0.861. The van der Waals surface area contributed by atoms with Crippen molar-refractivity contribution in [2.24, 2.45) is 0 Å². The number of H-pyrrole nitrogens is 1. The lowest BCUT2D eigenvalue weighted by molar-refractivity contribution is 0.322. The number of rotatable bonds is 6. The maximum atomic E-state index is 3.53. The van der Waals surface area contributed by atoms with Gasteiger partial charge in [0.2, 0.25) is 0 Å². The maximum Gasteiger partial charge on any atom is 0.0457 e. The van der Waals surface area contributed by atoms with Crippen molar-refractivity contribution in [3.8, 4) is 0 Å². The highest BCUT2D eigenvalue weighted by atomic mass is 15.2. The number of aromatic amines is 1. The summed E-state index contributed by atoms with van der Waals surface area (Å²) in [5.74, 6) is 0. The Balaban J connectivity index is 1.50. The van der Waals surface area contributed by atoms with Crippen LogP contribution in [0, 0.1) is 0 Å². The molecule has 0 bridgehead atoms. The number of nitrogens with zero attached hydrogens (tertiary/aromatic N) is 1. The summed E-state index contributed by atoms with van der Waals surface area (Å²) >= 11 is 0. The van der Waals surface area contributed by atoms with E-state index in [0.29, 0.717) is 0 Å². The molecule has 1 saturated carbocycles. The molecule has 0 atom stereocenters. The second kappa shape index (κ2) is 5.12. The second-order valence-corrected chi connectivity index (χ2v) is 5.25. The molecule has 0 amide bonds. The SMILES string of the molecule is CN(CCNCc1c[nH]c2ccccc12)C1CC1. The predicted octanol–water partition coefficient (Wildman–Crippen LogP) is 2.35. The van der Waals surface area contributed by atoms with E-state index in [9.17, 15) is 0 Å². The van der Waals surface area contributed by atoms with Crippen LogP contribution < -0.4 is 5.32 Å². The zero-order chi connectivity index (χ0) is 12.4. The van der Waals surface area contributed by atoms with E-state index in [1.807, 2.05) is 0 Å². The third-order valence-electron chi connectivity index (χ3n) is 3.80. The van der Waals surface area contributed by atoms with Gasteiger partial charge in [0.1, 0.15) is 0 Å². The standard InChI is InChI=1S/C15H21N3/c1-18(13-6-7-13)9-8-16-10-12-11-17-15-5-3-2-4-14(12)15/h2-5,11,13,16-17H,6-10H2,1H3. The first-order valence-electron chi connectivity index (χ1n) is 6.80. The molecular weight excluding hydrogens is 222 g/mol. The molecule has 1 heterocycles. The topological polar surface area (TPSA) is 31.1 Å². The molecule has 0 saturated heterocycles. The summed E-state index contributed by atoms with van der Waals surface area (Å²) in [7, 11) is 2.23. The van der Waals surface area contributed by atoms with Crippen molar-refractivity contribution in [3.05, 3.63) is 36.0 Å². The molecule has 1 fully saturated rings. The van der Waals surface area contributed by atoms with E-state index in [-0.39, 0.29) is 0 Å².